The maximum atomic E-state index is 2.45. The van der Waals surface area contributed by atoms with Crippen LogP contribution in [0.4, 0.5) is 0 Å². The maximum absolute atomic E-state index is 2.45. The molecule has 0 saturated heterocycles. The summed E-state index contributed by atoms with van der Waals surface area (Å²) in [4.78, 5) is 0. The Morgan fingerprint density at radius 2 is 1.23 bits per heavy atom. The summed E-state index contributed by atoms with van der Waals surface area (Å²) in [6.07, 6.45) is 3.50. The lowest BCUT2D eigenvalue weighted by atomic mass is 9.86. The molecule has 146 valence electrons. The minimum atomic E-state index is 1.00. The number of benzene rings is 4. The number of aryl methyl sites for hydroxylation is 4. The molecular weight excluding hydrogens is 362 g/mol. The number of hydrogen-bond donors (Lipinski definition) is 0. The van der Waals surface area contributed by atoms with Crippen molar-refractivity contribution < 1.29 is 0 Å². The Bertz CT molecular complexity index is 1360. The highest BCUT2D eigenvalue weighted by Gasteiger charge is 2.16. The van der Waals surface area contributed by atoms with Crippen LogP contribution in [0, 0.1) is 13.8 Å². The Morgan fingerprint density at radius 3 is 1.80 bits per heavy atom. The van der Waals surface area contributed by atoms with Gasteiger partial charge in [-0.2, -0.15) is 0 Å². The van der Waals surface area contributed by atoms with Gasteiger partial charge in [0.15, 0.2) is 0 Å². The van der Waals surface area contributed by atoms with Crippen LogP contribution in [0.5, 0.6) is 0 Å². The van der Waals surface area contributed by atoms with Gasteiger partial charge in [0.25, 0.3) is 0 Å². The summed E-state index contributed by atoms with van der Waals surface area (Å²) >= 11 is 0. The zero-order valence-electron chi connectivity index (χ0n) is 17.6. The summed E-state index contributed by atoms with van der Waals surface area (Å²) in [5.74, 6) is 0. The monoisotopic (exact) mass is 387 g/mol. The minimum Gasteiger partial charge on any atom is -0.309 e. The largest absolute Gasteiger partial charge is 0.309 e. The van der Waals surface area contributed by atoms with Crippen molar-refractivity contribution in [1.29, 1.82) is 0 Å². The van der Waals surface area contributed by atoms with Crippen molar-refractivity contribution in [2.45, 2.75) is 33.1 Å². The van der Waals surface area contributed by atoms with Gasteiger partial charge in [0, 0.05) is 10.8 Å². The highest BCUT2D eigenvalue weighted by Crippen LogP contribution is 2.35. The number of aromatic nitrogens is 1. The van der Waals surface area contributed by atoms with Crippen LogP contribution in [0.2, 0.25) is 0 Å². The van der Waals surface area contributed by atoms with Crippen LogP contribution in [0.1, 0.15) is 33.4 Å². The molecule has 0 fully saturated rings. The Morgan fingerprint density at radius 1 is 0.633 bits per heavy atom. The molecule has 6 rings (SSSR count). The lowest BCUT2D eigenvalue weighted by Gasteiger charge is -2.20. The molecule has 0 atom stereocenters. The molecule has 0 aliphatic heterocycles. The Kier molecular flexibility index (Phi) is 3.86. The average Bonchev–Trinajstić information content (AvgIpc) is 3.05. The van der Waals surface area contributed by atoms with E-state index in [1.807, 2.05) is 0 Å². The fourth-order valence-electron chi connectivity index (χ4n) is 5.26. The predicted molar refractivity (Wildman–Crippen MR) is 127 cm³/mol. The molecule has 1 heterocycles. The van der Waals surface area contributed by atoms with Crippen molar-refractivity contribution >= 4 is 21.8 Å². The lowest BCUT2D eigenvalue weighted by Crippen LogP contribution is -2.08. The molecule has 0 unspecified atom stereocenters. The van der Waals surface area contributed by atoms with Gasteiger partial charge < -0.3 is 4.57 Å². The molecule has 0 spiro atoms. The second-order valence-electron chi connectivity index (χ2n) is 8.73. The van der Waals surface area contributed by atoms with E-state index in [0.29, 0.717) is 0 Å². The van der Waals surface area contributed by atoms with E-state index in [9.17, 15) is 0 Å². The molecule has 0 saturated carbocycles. The van der Waals surface area contributed by atoms with Gasteiger partial charge in [0.2, 0.25) is 0 Å². The first kappa shape index (κ1) is 17.5. The smallest absolute Gasteiger partial charge is 0.0541 e. The van der Waals surface area contributed by atoms with Crippen molar-refractivity contribution in [3.05, 3.63) is 112 Å². The standard InChI is InChI=1S/C29H25N/c1-19-15-22(17-21-11-12-23-13-14-24(23)18-21)16-20(2)29(19)30-27-9-5-3-7-25(27)26-8-4-6-10-28(26)30/h3-12,15-16,18H,13-14,17H2,1-2H3. The highest BCUT2D eigenvalue weighted by atomic mass is 15.0. The minimum absolute atomic E-state index is 1.00. The number of rotatable bonds is 3. The van der Waals surface area contributed by atoms with E-state index in [-0.39, 0.29) is 0 Å². The molecule has 5 aromatic rings. The van der Waals surface area contributed by atoms with Gasteiger partial charge in [0.05, 0.1) is 16.7 Å². The van der Waals surface area contributed by atoms with Gasteiger partial charge in [-0.05, 0) is 78.6 Å². The third kappa shape index (κ3) is 2.62. The van der Waals surface area contributed by atoms with Gasteiger partial charge in [-0.3, -0.25) is 0 Å². The summed E-state index contributed by atoms with van der Waals surface area (Å²) in [6, 6.07) is 29.3. The van der Waals surface area contributed by atoms with Gasteiger partial charge in [-0.15, -0.1) is 0 Å². The molecule has 0 radical (unpaired) electrons. The van der Waals surface area contributed by atoms with Crippen LogP contribution in [-0.2, 0) is 19.3 Å². The van der Waals surface area contributed by atoms with E-state index in [1.54, 1.807) is 5.56 Å². The summed E-state index contributed by atoms with van der Waals surface area (Å²) in [5, 5.41) is 2.64. The first-order valence-electron chi connectivity index (χ1n) is 10.9. The summed E-state index contributed by atoms with van der Waals surface area (Å²) < 4.78 is 2.45. The number of nitrogens with zero attached hydrogens (tertiary/aromatic N) is 1. The van der Waals surface area contributed by atoms with Crippen molar-refractivity contribution in [3.8, 4) is 5.69 Å². The second kappa shape index (κ2) is 6.60. The fourth-order valence-corrected chi connectivity index (χ4v) is 5.26. The Labute approximate surface area is 177 Å². The van der Waals surface area contributed by atoms with Crippen LogP contribution in [-0.4, -0.2) is 4.57 Å². The SMILES string of the molecule is Cc1cc(Cc2ccc3c(c2)CC3)cc(C)c1-n1c2ccccc2c2ccccc21. The van der Waals surface area contributed by atoms with E-state index in [1.165, 1.54) is 68.2 Å². The maximum Gasteiger partial charge on any atom is 0.0541 e. The van der Waals surface area contributed by atoms with Crippen LogP contribution < -0.4 is 0 Å². The van der Waals surface area contributed by atoms with Crippen LogP contribution >= 0.6 is 0 Å². The molecule has 4 aromatic carbocycles. The van der Waals surface area contributed by atoms with Gasteiger partial charge in [0.1, 0.15) is 0 Å². The predicted octanol–water partition coefficient (Wildman–Crippen LogP) is 7.09. The lowest BCUT2D eigenvalue weighted by molar-refractivity contribution is 0.834. The summed E-state index contributed by atoms with van der Waals surface area (Å²) in [6.45, 7) is 4.51. The zero-order chi connectivity index (χ0) is 20.2. The summed E-state index contributed by atoms with van der Waals surface area (Å²) in [5.41, 5.74) is 12.4. The molecule has 1 heteroatoms. The molecule has 30 heavy (non-hydrogen) atoms. The first-order chi connectivity index (χ1) is 14.7. The second-order valence-corrected chi connectivity index (χ2v) is 8.73. The Balaban J connectivity index is 1.50. The third-order valence-electron chi connectivity index (χ3n) is 6.70. The third-order valence-corrected chi connectivity index (χ3v) is 6.70. The molecule has 0 amide bonds. The highest BCUT2D eigenvalue weighted by molar-refractivity contribution is 6.09. The van der Waals surface area contributed by atoms with Crippen molar-refractivity contribution in [2.24, 2.45) is 0 Å². The van der Waals surface area contributed by atoms with Crippen LogP contribution in [0.3, 0.4) is 0 Å². The molecule has 1 aliphatic rings. The van der Waals surface area contributed by atoms with Crippen molar-refractivity contribution in [2.75, 3.05) is 0 Å². The topological polar surface area (TPSA) is 4.93 Å². The first-order valence-corrected chi connectivity index (χ1v) is 10.9. The van der Waals surface area contributed by atoms with E-state index in [2.05, 4.69) is 97.3 Å². The van der Waals surface area contributed by atoms with Gasteiger partial charge in [-0.1, -0.05) is 66.7 Å². The molecule has 1 aliphatic carbocycles. The molecule has 1 aromatic heterocycles. The fraction of sp³-hybridized carbons (Fsp3) is 0.172. The molecule has 0 N–H and O–H groups in total. The van der Waals surface area contributed by atoms with Crippen LogP contribution in [0.15, 0.2) is 78.9 Å². The van der Waals surface area contributed by atoms with E-state index >= 15 is 0 Å². The molecular formula is C29H25N. The molecule has 0 bridgehead atoms. The van der Waals surface area contributed by atoms with Crippen molar-refractivity contribution in [1.82, 2.24) is 4.57 Å². The number of para-hydroxylation sites is 2. The van der Waals surface area contributed by atoms with E-state index in [0.717, 1.165) is 6.42 Å². The number of fused-ring (bicyclic) bond motifs is 4. The zero-order valence-corrected chi connectivity index (χ0v) is 17.6. The van der Waals surface area contributed by atoms with E-state index in [4.69, 9.17) is 0 Å². The normalized spacial score (nSPS) is 12.9. The average molecular weight is 388 g/mol. The summed E-state index contributed by atoms with van der Waals surface area (Å²) in [7, 11) is 0. The number of hydrogen-bond acceptors (Lipinski definition) is 0. The molecule has 1 nitrogen and oxygen atoms in total. The van der Waals surface area contributed by atoms with Gasteiger partial charge in [-0.25, -0.2) is 0 Å². The van der Waals surface area contributed by atoms with Crippen molar-refractivity contribution in [3.63, 3.8) is 0 Å². The quantitative estimate of drug-likeness (QED) is 0.311. The van der Waals surface area contributed by atoms with Gasteiger partial charge >= 0.3 is 0 Å². The van der Waals surface area contributed by atoms with Crippen LogP contribution in [0.25, 0.3) is 27.5 Å². The van der Waals surface area contributed by atoms with E-state index < -0.39 is 0 Å². The Hall–Kier alpha value is -3.32.